The van der Waals surface area contributed by atoms with Crippen molar-refractivity contribution in [2.75, 3.05) is 19.6 Å². The predicted octanol–water partition coefficient (Wildman–Crippen LogP) is 4.47. The highest BCUT2D eigenvalue weighted by Gasteiger charge is 2.34. The molecular formula is C21H22BrN3O3S. The van der Waals surface area contributed by atoms with Crippen LogP contribution in [-0.2, 0) is 16.1 Å². The van der Waals surface area contributed by atoms with Crippen LogP contribution in [0.25, 0.3) is 17.0 Å². The molecule has 2 aliphatic heterocycles. The van der Waals surface area contributed by atoms with Crippen molar-refractivity contribution in [1.82, 2.24) is 14.4 Å². The van der Waals surface area contributed by atoms with Gasteiger partial charge in [0.1, 0.15) is 6.54 Å². The molecule has 2 aromatic rings. The van der Waals surface area contributed by atoms with Gasteiger partial charge in [0.15, 0.2) is 0 Å². The molecule has 3 heterocycles. The summed E-state index contributed by atoms with van der Waals surface area (Å²) in [6, 6.07) is 5.89. The number of carbonyl (C=O) groups is 3. The Kier molecular flexibility index (Phi) is 5.83. The number of nitrogens with zero attached hydrogens (tertiary/aromatic N) is 3. The number of fused-ring (bicyclic) bond motifs is 1. The zero-order chi connectivity index (χ0) is 20.5. The first-order chi connectivity index (χ1) is 14.0. The highest BCUT2D eigenvalue weighted by atomic mass is 79.9. The number of carbonyl (C=O) groups excluding carboxylic acids is 3. The molecule has 1 aromatic heterocycles. The van der Waals surface area contributed by atoms with Crippen LogP contribution in [0.1, 0.15) is 31.7 Å². The van der Waals surface area contributed by atoms with Gasteiger partial charge in [-0.15, -0.1) is 0 Å². The predicted molar refractivity (Wildman–Crippen MR) is 118 cm³/mol. The summed E-state index contributed by atoms with van der Waals surface area (Å²) in [7, 11) is 0. The van der Waals surface area contributed by atoms with E-state index >= 15 is 0 Å². The van der Waals surface area contributed by atoms with Crippen molar-refractivity contribution < 1.29 is 14.4 Å². The van der Waals surface area contributed by atoms with Gasteiger partial charge in [0.05, 0.1) is 4.91 Å². The van der Waals surface area contributed by atoms with E-state index in [9.17, 15) is 14.4 Å². The fourth-order valence-electron chi connectivity index (χ4n) is 3.81. The highest BCUT2D eigenvalue weighted by Crippen LogP contribution is 2.35. The van der Waals surface area contributed by atoms with Crippen molar-refractivity contribution in [1.29, 1.82) is 0 Å². The lowest BCUT2D eigenvalue weighted by Crippen LogP contribution is -2.30. The molecule has 0 aliphatic carbocycles. The summed E-state index contributed by atoms with van der Waals surface area (Å²) < 4.78 is 2.85. The Balaban J connectivity index is 1.69. The molecule has 0 saturated carbocycles. The maximum atomic E-state index is 12.7. The first kappa shape index (κ1) is 20.2. The minimum atomic E-state index is -0.245. The summed E-state index contributed by atoms with van der Waals surface area (Å²) in [5.41, 5.74) is 1.76. The van der Waals surface area contributed by atoms with Crippen molar-refractivity contribution in [2.24, 2.45) is 0 Å². The fourth-order valence-corrected chi connectivity index (χ4v) is 5.03. The molecule has 2 fully saturated rings. The van der Waals surface area contributed by atoms with Crippen LogP contribution in [0.2, 0.25) is 0 Å². The standard InChI is InChI=1S/C21H22BrN3O3S/c1-2-7-25-20(27)18(29-21(25)28)10-14-12-24(13-19(26)23-8-3-4-9-23)17-6-5-15(22)11-16(14)17/h5-6,10-12H,2-4,7-9,13H2,1H3/b18-10-. The van der Waals surface area contributed by atoms with Gasteiger partial charge in [-0.2, -0.15) is 0 Å². The highest BCUT2D eigenvalue weighted by molar-refractivity contribution is 9.10. The number of imide groups is 1. The van der Waals surface area contributed by atoms with Gasteiger partial charge in [0.25, 0.3) is 11.1 Å². The number of likely N-dealkylation sites (tertiary alicyclic amines) is 1. The van der Waals surface area contributed by atoms with E-state index in [2.05, 4.69) is 15.9 Å². The Hall–Kier alpha value is -2.06. The van der Waals surface area contributed by atoms with Gasteiger partial charge in [-0.1, -0.05) is 22.9 Å². The molecule has 0 N–H and O–H groups in total. The second-order valence-electron chi connectivity index (χ2n) is 7.30. The van der Waals surface area contributed by atoms with Gasteiger partial charge in [-0.05, 0) is 55.3 Å². The molecular weight excluding hydrogens is 454 g/mol. The van der Waals surface area contributed by atoms with Crippen molar-refractivity contribution in [3.63, 3.8) is 0 Å². The van der Waals surface area contributed by atoms with Crippen molar-refractivity contribution >= 4 is 61.7 Å². The minimum Gasteiger partial charge on any atom is -0.341 e. The molecule has 0 atom stereocenters. The third-order valence-electron chi connectivity index (χ3n) is 5.25. The molecule has 2 saturated heterocycles. The van der Waals surface area contributed by atoms with E-state index in [1.807, 2.05) is 40.8 Å². The van der Waals surface area contributed by atoms with Gasteiger partial charge in [0, 0.05) is 46.8 Å². The molecule has 2 aliphatic rings. The third kappa shape index (κ3) is 4.00. The van der Waals surface area contributed by atoms with E-state index in [0.29, 0.717) is 11.4 Å². The smallest absolute Gasteiger partial charge is 0.293 e. The molecule has 4 rings (SSSR count). The number of benzene rings is 1. The molecule has 0 radical (unpaired) electrons. The number of thioether (sulfide) groups is 1. The molecule has 1 aromatic carbocycles. The normalized spacial score (nSPS) is 18.6. The SMILES string of the molecule is CCCN1C(=O)S/C(=C\c2cn(CC(=O)N3CCCC3)c3ccc(Br)cc23)C1=O. The first-order valence-corrected chi connectivity index (χ1v) is 11.4. The van der Waals surface area contributed by atoms with E-state index in [4.69, 9.17) is 0 Å². The lowest BCUT2D eigenvalue weighted by Gasteiger charge is -2.16. The van der Waals surface area contributed by atoms with Crippen LogP contribution in [0, 0.1) is 0 Å². The van der Waals surface area contributed by atoms with Crippen molar-refractivity contribution in [2.45, 2.75) is 32.7 Å². The van der Waals surface area contributed by atoms with Crippen LogP contribution in [-0.4, -0.2) is 51.1 Å². The van der Waals surface area contributed by atoms with Gasteiger partial charge < -0.3 is 9.47 Å². The Labute approximate surface area is 182 Å². The number of hydrogen-bond acceptors (Lipinski definition) is 4. The molecule has 0 bridgehead atoms. The maximum absolute atomic E-state index is 12.7. The Morgan fingerprint density at radius 2 is 2.00 bits per heavy atom. The van der Waals surface area contributed by atoms with E-state index in [0.717, 1.165) is 65.1 Å². The summed E-state index contributed by atoms with van der Waals surface area (Å²) in [5.74, 6) is -0.136. The monoisotopic (exact) mass is 475 g/mol. The molecule has 8 heteroatoms. The van der Waals surface area contributed by atoms with Crippen LogP contribution in [0.3, 0.4) is 0 Å². The van der Waals surface area contributed by atoms with Crippen LogP contribution in [0.5, 0.6) is 0 Å². The summed E-state index contributed by atoms with van der Waals surface area (Å²) >= 11 is 4.48. The van der Waals surface area contributed by atoms with E-state index in [1.165, 1.54) is 4.90 Å². The number of rotatable bonds is 5. The van der Waals surface area contributed by atoms with E-state index in [-0.39, 0.29) is 23.6 Å². The first-order valence-electron chi connectivity index (χ1n) is 9.79. The Bertz CT molecular complexity index is 1020. The van der Waals surface area contributed by atoms with Gasteiger partial charge in [-0.25, -0.2) is 0 Å². The van der Waals surface area contributed by atoms with Crippen LogP contribution in [0.15, 0.2) is 33.8 Å². The quantitative estimate of drug-likeness (QED) is 0.598. The second-order valence-corrected chi connectivity index (χ2v) is 9.20. The van der Waals surface area contributed by atoms with Gasteiger partial charge >= 0.3 is 0 Å². The van der Waals surface area contributed by atoms with E-state index < -0.39 is 0 Å². The maximum Gasteiger partial charge on any atom is 0.293 e. The summed E-state index contributed by atoms with van der Waals surface area (Å²) in [5, 5.41) is 0.716. The van der Waals surface area contributed by atoms with Gasteiger partial charge in [0.2, 0.25) is 5.91 Å². The zero-order valence-electron chi connectivity index (χ0n) is 16.2. The van der Waals surface area contributed by atoms with Crippen LogP contribution < -0.4 is 0 Å². The van der Waals surface area contributed by atoms with E-state index in [1.54, 1.807) is 6.08 Å². The third-order valence-corrected chi connectivity index (χ3v) is 6.65. The number of halogens is 1. The summed E-state index contributed by atoms with van der Waals surface area (Å²) in [6.07, 6.45) is 6.52. The van der Waals surface area contributed by atoms with Gasteiger partial charge in [-0.3, -0.25) is 19.3 Å². The number of amides is 3. The average molecular weight is 476 g/mol. The molecule has 0 unspecified atom stereocenters. The summed E-state index contributed by atoms with van der Waals surface area (Å²) in [6.45, 7) is 4.28. The topological polar surface area (TPSA) is 62.6 Å². The Morgan fingerprint density at radius 3 is 2.72 bits per heavy atom. The molecule has 152 valence electrons. The van der Waals surface area contributed by atoms with Crippen LogP contribution in [0.4, 0.5) is 4.79 Å². The molecule has 6 nitrogen and oxygen atoms in total. The lowest BCUT2D eigenvalue weighted by molar-refractivity contribution is -0.130. The fraction of sp³-hybridized carbons (Fsp3) is 0.381. The van der Waals surface area contributed by atoms with Crippen molar-refractivity contribution in [3.05, 3.63) is 39.3 Å². The minimum absolute atomic E-state index is 0.108. The average Bonchev–Trinajstić information content (AvgIpc) is 3.39. The molecule has 3 amide bonds. The van der Waals surface area contributed by atoms with Crippen LogP contribution >= 0.6 is 27.7 Å². The largest absolute Gasteiger partial charge is 0.341 e. The molecule has 29 heavy (non-hydrogen) atoms. The number of aromatic nitrogens is 1. The molecule has 0 spiro atoms. The second kappa shape index (κ2) is 8.36. The zero-order valence-corrected chi connectivity index (χ0v) is 18.6. The van der Waals surface area contributed by atoms with Crippen molar-refractivity contribution in [3.8, 4) is 0 Å². The number of hydrogen-bond donors (Lipinski definition) is 0. The lowest BCUT2D eigenvalue weighted by atomic mass is 10.1. The summed E-state index contributed by atoms with van der Waals surface area (Å²) in [4.78, 5) is 41.0. The Morgan fingerprint density at radius 1 is 1.24 bits per heavy atom.